The summed E-state index contributed by atoms with van der Waals surface area (Å²) in [6.45, 7) is 1.46. The summed E-state index contributed by atoms with van der Waals surface area (Å²) >= 11 is 0. The van der Waals surface area contributed by atoms with Crippen molar-refractivity contribution in [2.75, 3.05) is 12.4 Å². The Morgan fingerprint density at radius 3 is 1.67 bits per heavy atom. The molecule has 1 aromatic carbocycles. The van der Waals surface area contributed by atoms with Gasteiger partial charge in [0.1, 0.15) is 5.75 Å². The van der Waals surface area contributed by atoms with E-state index >= 15 is 0 Å². The highest BCUT2D eigenvalue weighted by atomic mass is 19.4. The lowest BCUT2D eigenvalue weighted by Crippen LogP contribution is -2.39. The second kappa shape index (κ2) is 8.31. The molecule has 0 saturated heterocycles. The number of alkyl halides is 6. The SMILES string of the molecule is COc1ccccc1NC(C)=O.O=C(C(=O)C(F)(F)F)C(F)(F)F. The molecule has 1 amide bonds. The van der Waals surface area contributed by atoms with E-state index in [9.17, 15) is 40.7 Å². The van der Waals surface area contributed by atoms with Gasteiger partial charge in [0.2, 0.25) is 5.91 Å². The minimum absolute atomic E-state index is 0.0977. The number of para-hydroxylation sites is 2. The molecule has 1 aromatic rings. The molecule has 0 unspecified atom stereocenters. The van der Waals surface area contributed by atoms with Gasteiger partial charge in [-0.05, 0) is 12.1 Å². The summed E-state index contributed by atoms with van der Waals surface area (Å²) in [6.07, 6.45) is -11.5. The fraction of sp³-hybridized carbons (Fsp3) is 0.308. The number of nitrogens with one attached hydrogen (secondary N) is 1. The molecule has 0 saturated carbocycles. The highest BCUT2D eigenvalue weighted by Crippen LogP contribution is 2.24. The molecule has 0 aliphatic carbocycles. The quantitative estimate of drug-likeness (QED) is 0.665. The van der Waals surface area contributed by atoms with Crippen molar-refractivity contribution in [3.8, 4) is 5.75 Å². The predicted molar refractivity (Wildman–Crippen MR) is 69.4 cm³/mol. The van der Waals surface area contributed by atoms with Crippen molar-refractivity contribution in [1.82, 2.24) is 0 Å². The minimum atomic E-state index is -5.77. The molecule has 0 atom stereocenters. The number of amides is 1. The molecule has 0 heterocycles. The molecule has 24 heavy (non-hydrogen) atoms. The van der Waals surface area contributed by atoms with E-state index in [1.165, 1.54) is 6.92 Å². The molecular formula is C13H11F6NO4. The van der Waals surface area contributed by atoms with Crippen molar-refractivity contribution >= 4 is 23.2 Å². The van der Waals surface area contributed by atoms with Crippen molar-refractivity contribution < 1.29 is 45.5 Å². The Kier molecular flexibility index (Phi) is 7.42. The van der Waals surface area contributed by atoms with Gasteiger partial charge in [-0.25, -0.2) is 0 Å². The summed E-state index contributed by atoms with van der Waals surface area (Å²) in [5, 5.41) is 2.66. The van der Waals surface area contributed by atoms with Gasteiger partial charge in [-0.15, -0.1) is 0 Å². The average molecular weight is 359 g/mol. The predicted octanol–water partition coefficient (Wildman–Crippen LogP) is 2.90. The maximum atomic E-state index is 11.2. The number of halogens is 6. The Balaban J connectivity index is 0.000000441. The summed E-state index contributed by atoms with van der Waals surface area (Å²) in [7, 11) is 1.57. The molecule has 134 valence electrons. The largest absolute Gasteiger partial charge is 0.495 e. The van der Waals surface area contributed by atoms with Gasteiger partial charge in [-0.1, -0.05) is 12.1 Å². The van der Waals surface area contributed by atoms with Crippen LogP contribution in [0.3, 0.4) is 0 Å². The first-order valence-corrected chi connectivity index (χ1v) is 5.94. The van der Waals surface area contributed by atoms with Gasteiger partial charge in [-0.2, -0.15) is 26.3 Å². The third-order valence-electron chi connectivity index (χ3n) is 2.14. The van der Waals surface area contributed by atoms with E-state index in [4.69, 9.17) is 4.74 Å². The van der Waals surface area contributed by atoms with Gasteiger partial charge < -0.3 is 10.1 Å². The highest BCUT2D eigenvalue weighted by Gasteiger charge is 2.54. The summed E-state index contributed by atoms with van der Waals surface area (Å²) in [4.78, 5) is 29.9. The Morgan fingerprint density at radius 2 is 1.33 bits per heavy atom. The molecule has 11 heteroatoms. The van der Waals surface area contributed by atoms with Crippen LogP contribution in [-0.4, -0.2) is 36.9 Å². The second-order valence-electron chi connectivity index (χ2n) is 4.04. The first-order valence-electron chi connectivity index (χ1n) is 5.94. The summed E-state index contributed by atoms with van der Waals surface area (Å²) in [6, 6.07) is 7.28. The third-order valence-corrected chi connectivity index (χ3v) is 2.14. The number of methoxy groups -OCH3 is 1. The van der Waals surface area contributed by atoms with Crippen LogP contribution in [0.1, 0.15) is 6.92 Å². The van der Waals surface area contributed by atoms with Crippen LogP contribution in [0.2, 0.25) is 0 Å². The molecule has 0 radical (unpaired) electrons. The van der Waals surface area contributed by atoms with E-state index in [0.717, 1.165) is 0 Å². The van der Waals surface area contributed by atoms with Gasteiger partial charge in [-0.3, -0.25) is 14.4 Å². The highest BCUT2D eigenvalue weighted by molar-refractivity contribution is 6.41. The molecule has 0 aliphatic rings. The Hall–Kier alpha value is -2.59. The van der Waals surface area contributed by atoms with E-state index in [-0.39, 0.29) is 5.91 Å². The fourth-order valence-electron chi connectivity index (χ4n) is 1.20. The molecule has 0 aromatic heterocycles. The van der Waals surface area contributed by atoms with E-state index in [0.29, 0.717) is 11.4 Å². The first kappa shape index (κ1) is 21.4. The molecule has 0 fully saturated rings. The summed E-state index contributed by atoms with van der Waals surface area (Å²) in [5.41, 5.74) is 0.701. The summed E-state index contributed by atoms with van der Waals surface area (Å²) < 4.78 is 72.0. The lowest BCUT2D eigenvalue weighted by atomic mass is 10.2. The number of anilines is 1. The number of carbonyl (C=O) groups excluding carboxylic acids is 3. The zero-order chi connectivity index (χ0) is 19.1. The topological polar surface area (TPSA) is 72.5 Å². The Morgan fingerprint density at radius 1 is 0.917 bits per heavy atom. The van der Waals surface area contributed by atoms with Gasteiger partial charge in [0.05, 0.1) is 12.8 Å². The molecule has 1 N–H and O–H groups in total. The van der Waals surface area contributed by atoms with Crippen LogP contribution in [0.25, 0.3) is 0 Å². The maximum absolute atomic E-state index is 11.2. The zero-order valence-electron chi connectivity index (χ0n) is 12.2. The zero-order valence-corrected chi connectivity index (χ0v) is 12.2. The van der Waals surface area contributed by atoms with Crippen molar-refractivity contribution in [3.63, 3.8) is 0 Å². The minimum Gasteiger partial charge on any atom is -0.495 e. The van der Waals surface area contributed by atoms with Crippen molar-refractivity contribution in [2.45, 2.75) is 19.3 Å². The number of carbonyl (C=O) groups is 3. The third kappa shape index (κ3) is 7.11. The maximum Gasteiger partial charge on any atom is 0.458 e. The number of hydrogen-bond donors (Lipinski definition) is 1. The summed E-state index contributed by atoms with van der Waals surface area (Å²) in [5.74, 6) is -6.24. The van der Waals surface area contributed by atoms with Gasteiger partial charge >= 0.3 is 23.9 Å². The number of ketones is 2. The van der Waals surface area contributed by atoms with Crippen LogP contribution >= 0.6 is 0 Å². The van der Waals surface area contributed by atoms with E-state index in [1.54, 1.807) is 19.2 Å². The lowest BCUT2D eigenvalue weighted by Gasteiger charge is -2.07. The van der Waals surface area contributed by atoms with E-state index < -0.39 is 23.9 Å². The van der Waals surface area contributed by atoms with Crippen molar-refractivity contribution in [1.29, 1.82) is 0 Å². The number of rotatable bonds is 3. The van der Waals surface area contributed by atoms with Crippen LogP contribution in [0, 0.1) is 0 Å². The Bertz CT molecular complexity index is 585. The standard InChI is InChI=1S/C9H11NO2.C4F6O2/c1-7(11)10-8-5-3-4-6-9(8)12-2;5-3(6,7)1(11)2(12)4(8,9)10/h3-6H,1-2H3,(H,10,11);. The smallest absolute Gasteiger partial charge is 0.458 e. The van der Waals surface area contributed by atoms with Gasteiger partial charge in [0.25, 0.3) is 0 Å². The monoisotopic (exact) mass is 359 g/mol. The Labute approximate surface area is 131 Å². The fourth-order valence-corrected chi connectivity index (χ4v) is 1.20. The molecular weight excluding hydrogens is 348 g/mol. The molecule has 0 aliphatic heterocycles. The normalized spacial score (nSPS) is 11.0. The van der Waals surface area contributed by atoms with Crippen molar-refractivity contribution in [2.24, 2.45) is 0 Å². The van der Waals surface area contributed by atoms with Crippen LogP contribution in [0.4, 0.5) is 32.0 Å². The molecule has 0 spiro atoms. The second-order valence-corrected chi connectivity index (χ2v) is 4.04. The molecule has 0 bridgehead atoms. The lowest BCUT2D eigenvalue weighted by molar-refractivity contribution is -0.193. The van der Waals surface area contributed by atoms with Crippen LogP contribution in [0.5, 0.6) is 5.75 Å². The van der Waals surface area contributed by atoms with Gasteiger partial charge in [0, 0.05) is 6.92 Å². The van der Waals surface area contributed by atoms with Crippen LogP contribution in [0.15, 0.2) is 24.3 Å². The molecule has 5 nitrogen and oxygen atoms in total. The molecule has 1 rings (SSSR count). The number of hydrogen-bond acceptors (Lipinski definition) is 4. The van der Waals surface area contributed by atoms with E-state index in [2.05, 4.69) is 5.32 Å². The van der Waals surface area contributed by atoms with Crippen molar-refractivity contribution in [3.05, 3.63) is 24.3 Å². The number of Topliss-reactive ketones (excluding diaryl/α,β-unsaturated/α-hetero) is 2. The van der Waals surface area contributed by atoms with Crippen LogP contribution in [-0.2, 0) is 14.4 Å². The average Bonchev–Trinajstić information content (AvgIpc) is 2.44. The first-order chi connectivity index (χ1) is 10.8. The van der Waals surface area contributed by atoms with E-state index in [1.807, 2.05) is 12.1 Å². The van der Waals surface area contributed by atoms with Gasteiger partial charge in [0.15, 0.2) is 0 Å². The number of ether oxygens (including phenoxy) is 1. The number of benzene rings is 1. The van der Waals surface area contributed by atoms with Crippen LogP contribution < -0.4 is 10.1 Å².